The lowest BCUT2D eigenvalue weighted by Crippen LogP contribution is -2.49. The van der Waals surface area contributed by atoms with E-state index in [9.17, 15) is 9.18 Å². The van der Waals surface area contributed by atoms with Gasteiger partial charge in [0.2, 0.25) is 5.91 Å². The summed E-state index contributed by atoms with van der Waals surface area (Å²) in [5.74, 6) is 1.40. The fourth-order valence-corrected chi connectivity index (χ4v) is 3.64. The molecule has 0 atom stereocenters. The third-order valence-electron chi connectivity index (χ3n) is 4.21. The number of carbonyl (C=O) groups excluding carboxylic acids is 1. The highest BCUT2D eigenvalue weighted by molar-refractivity contribution is 7.99. The van der Waals surface area contributed by atoms with Gasteiger partial charge < -0.3 is 9.80 Å². The molecule has 0 spiro atoms. The number of aromatic nitrogens is 2. The molecular formula is C18H21FN4OS. The van der Waals surface area contributed by atoms with Gasteiger partial charge >= 0.3 is 0 Å². The number of nitrogens with zero attached hydrogens (tertiary/aromatic N) is 4. The van der Waals surface area contributed by atoms with E-state index in [4.69, 9.17) is 0 Å². The first-order valence-electron chi connectivity index (χ1n) is 8.26. The molecule has 132 valence electrons. The molecule has 2 heterocycles. The van der Waals surface area contributed by atoms with Crippen LogP contribution >= 0.6 is 11.8 Å². The van der Waals surface area contributed by atoms with Gasteiger partial charge in [-0.05, 0) is 12.5 Å². The molecule has 5 nitrogen and oxygen atoms in total. The molecule has 1 fully saturated rings. The van der Waals surface area contributed by atoms with Crippen LogP contribution in [-0.2, 0) is 10.5 Å². The molecule has 1 aliphatic heterocycles. The Bertz CT molecular complexity index is 720. The van der Waals surface area contributed by atoms with Crippen LogP contribution in [0.4, 0.5) is 10.2 Å². The van der Waals surface area contributed by atoms with E-state index in [1.165, 1.54) is 11.9 Å². The first-order valence-corrected chi connectivity index (χ1v) is 9.42. The van der Waals surface area contributed by atoms with E-state index in [2.05, 4.69) is 22.1 Å². The summed E-state index contributed by atoms with van der Waals surface area (Å²) in [5.41, 5.74) is 1.57. The number of piperazine rings is 1. The highest BCUT2D eigenvalue weighted by Crippen LogP contribution is 2.19. The largest absolute Gasteiger partial charge is 0.351 e. The summed E-state index contributed by atoms with van der Waals surface area (Å²) >= 11 is 1.62. The summed E-state index contributed by atoms with van der Waals surface area (Å²) in [6.07, 6.45) is 1.38. The van der Waals surface area contributed by atoms with Gasteiger partial charge in [0.1, 0.15) is 6.33 Å². The van der Waals surface area contributed by atoms with E-state index in [0.29, 0.717) is 43.4 Å². The van der Waals surface area contributed by atoms with Crippen molar-refractivity contribution in [2.75, 3.05) is 36.8 Å². The molecule has 0 aliphatic carbocycles. The lowest BCUT2D eigenvalue weighted by atomic mass is 10.2. The minimum absolute atomic E-state index is 0.139. The van der Waals surface area contributed by atoms with Gasteiger partial charge in [-0.3, -0.25) is 4.79 Å². The summed E-state index contributed by atoms with van der Waals surface area (Å²) in [6, 6.07) is 10.1. The van der Waals surface area contributed by atoms with Crippen LogP contribution in [0.15, 0.2) is 36.7 Å². The number of anilines is 1. The molecule has 7 heteroatoms. The average Bonchev–Trinajstić information content (AvgIpc) is 2.65. The van der Waals surface area contributed by atoms with Crippen LogP contribution in [0.3, 0.4) is 0 Å². The summed E-state index contributed by atoms with van der Waals surface area (Å²) in [7, 11) is 0. The lowest BCUT2D eigenvalue weighted by Gasteiger charge is -2.35. The molecule has 0 radical (unpaired) electrons. The van der Waals surface area contributed by atoms with Gasteiger partial charge in [-0.2, -0.15) is 0 Å². The van der Waals surface area contributed by atoms with Crippen LogP contribution in [0.2, 0.25) is 0 Å². The Morgan fingerprint density at radius 3 is 2.60 bits per heavy atom. The van der Waals surface area contributed by atoms with E-state index in [-0.39, 0.29) is 11.7 Å². The standard InChI is InChI=1S/C18H21FN4OS/c1-14-17(19)18(21-13-20-14)23-9-7-22(8-10-23)16(24)12-25-11-15-5-3-2-4-6-15/h2-6,13H,7-12H2,1H3. The van der Waals surface area contributed by atoms with E-state index in [0.717, 1.165) is 5.75 Å². The van der Waals surface area contributed by atoms with Crippen molar-refractivity contribution in [2.24, 2.45) is 0 Å². The van der Waals surface area contributed by atoms with Crippen LogP contribution < -0.4 is 4.90 Å². The number of rotatable bonds is 5. The summed E-state index contributed by atoms with van der Waals surface area (Å²) in [6.45, 7) is 3.98. The van der Waals surface area contributed by atoms with Gasteiger partial charge in [-0.15, -0.1) is 11.8 Å². The Morgan fingerprint density at radius 2 is 1.88 bits per heavy atom. The molecular weight excluding hydrogens is 339 g/mol. The second kappa shape index (κ2) is 8.29. The van der Waals surface area contributed by atoms with Gasteiger partial charge in [0.25, 0.3) is 0 Å². The zero-order valence-electron chi connectivity index (χ0n) is 14.2. The van der Waals surface area contributed by atoms with Crippen molar-refractivity contribution in [3.8, 4) is 0 Å². The van der Waals surface area contributed by atoms with E-state index >= 15 is 0 Å². The minimum Gasteiger partial charge on any atom is -0.351 e. The Morgan fingerprint density at radius 1 is 1.16 bits per heavy atom. The van der Waals surface area contributed by atoms with Gasteiger partial charge in [-0.1, -0.05) is 30.3 Å². The first-order chi connectivity index (χ1) is 12.1. The fourth-order valence-electron chi connectivity index (χ4n) is 2.76. The molecule has 1 aromatic heterocycles. The van der Waals surface area contributed by atoms with Crippen molar-refractivity contribution in [3.63, 3.8) is 0 Å². The Hall–Kier alpha value is -2.15. The topological polar surface area (TPSA) is 49.3 Å². The van der Waals surface area contributed by atoms with Crippen LogP contribution in [0.1, 0.15) is 11.3 Å². The molecule has 2 aromatic rings. The minimum atomic E-state index is -0.374. The van der Waals surface area contributed by atoms with E-state index in [1.54, 1.807) is 18.7 Å². The molecule has 1 aliphatic rings. The average molecular weight is 360 g/mol. The number of amides is 1. The smallest absolute Gasteiger partial charge is 0.232 e. The van der Waals surface area contributed by atoms with Crippen LogP contribution in [0.5, 0.6) is 0 Å². The summed E-state index contributed by atoms with van der Waals surface area (Å²) in [5, 5.41) is 0. The quantitative estimate of drug-likeness (QED) is 0.820. The van der Waals surface area contributed by atoms with E-state index < -0.39 is 0 Å². The maximum absolute atomic E-state index is 14.1. The second-order valence-electron chi connectivity index (χ2n) is 5.94. The van der Waals surface area contributed by atoms with Crippen molar-refractivity contribution in [1.82, 2.24) is 14.9 Å². The normalized spacial score (nSPS) is 14.6. The number of halogens is 1. The number of carbonyl (C=O) groups is 1. The van der Waals surface area contributed by atoms with Crippen molar-refractivity contribution >= 4 is 23.5 Å². The number of benzene rings is 1. The molecule has 1 saturated heterocycles. The number of aryl methyl sites for hydroxylation is 1. The maximum atomic E-state index is 14.1. The zero-order valence-corrected chi connectivity index (χ0v) is 15.0. The van der Waals surface area contributed by atoms with Crippen molar-refractivity contribution in [2.45, 2.75) is 12.7 Å². The Kier molecular flexibility index (Phi) is 5.86. The molecule has 0 unspecified atom stereocenters. The lowest BCUT2D eigenvalue weighted by molar-refractivity contribution is -0.128. The molecule has 1 amide bonds. The third-order valence-corrected chi connectivity index (χ3v) is 5.20. The summed E-state index contributed by atoms with van der Waals surface area (Å²) < 4.78 is 14.1. The molecule has 1 aromatic carbocycles. The monoisotopic (exact) mass is 360 g/mol. The third kappa shape index (κ3) is 4.48. The highest BCUT2D eigenvalue weighted by Gasteiger charge is 2.24. The van der Waals surface area contributed by atoms with Crippen LogP contribution in [0.25, 0.3) is 0 Å². The van der Waals surface area contributed by atoms with Crippen LogP contribution in [-0.4, -0.2) is 52.7 Å². The van der Waals surface area contributed by atoms with Crippen LogP contribution in [0, 0.1) is 12.7 Å². The molecule has 25 heavy (non-hydrogen) atoms. The second-order valence-corrected chi connectivity index (χ2v) is 6.93. The fraction of sp³-hybridized carbons (Fsp3) is 0.389. The first kappa shape index (κ1) is 17.7. The zero-order chi connectivity index (χ0) is 17.6. The van der Waals surface area contributed by atoms with Crippen molar-refractivity contribution in [1.29, 1.82) is 0 Å². The molecule has 0 bridgehead atoms. The Balaban J connectivity index is 1.47. The maximum Gasteiger partial charge on any atom is 0.232 e. The van der Waals surface area contributed by atoms with Gasteiger partial charge in [0.15, 0.2) is 11.6 Å². The predicted molar refractivity (Wildman–Crippen MR) is 98.1 cm³/mol. The highest BCUT2D eigenvalue weighted by atomic mass is 32.2. The number of thioether (sulfide) groups is 1. The number of hydrogen-bond donors (Lipinski definition) is 0. The summed E-state index contributed by atoms with van der Waals surface area (Å²) in [4.78, 5) is 24.0. The number of hydrogen-bond acceptors (Lipinski definition) is 5. The molecule has 0 N–H and O–H groups in total. The van der Waals surface area contributed by atoms with Crippen molar-refractivity contribution in [3.05, 3.63) is 53.7 Å². The molecule has 0 saturated carbocycles. The van der Waals surface area contributed by atoms with Gasteiger partial charge in [-0.25, -0.2) is 14.4 Å². The van der Waals surface area contributed by atoms with Gasteiger partial charge in [0.05, 0.1) is 11.4 Å². The van der Waals surface area contributed by atoms with E-state index in [1.807, 2.05) is 28.0 Å². The molecule has 3 rings (SSSR count). The Labute approximate surface area is 151 Å². The van der Waals surface area contributed by atoms with Crippen molar-refractivity contribution < 1.29 is 9.18 Å². The van der Waals surface area contributed by atoms with Gasteiger partial charge in [0, 0.05) is 31.9 Å². The predicted octanol–water partition coefficient (Wildman–Crippen LogP) is 2.51. The SMILES string of the molecule is Cc1ncnc(N2CCN(C(=O)CSCc3ccccc3)CC2)c1F.